The topological polar surface area (TPSA) is 42.1 Å². The van der Waals surface area contributed by atoms with Crippen molar-refractivity contribution in [2.75, 3.05) is 23.7 Å². The van der Waals surface area contributed by atoms with Gasteiger partial charge in [-0.1, -0.05) is 6.42 Å². The van der Waals surface area contributed by atoms with Crippen molar-refractivity contribution in [2.45, 2.75) is 32.1 Å². The van der Waals surface area contributed by atoms with Crippen LogP contribution in [-0.2, 0) is 0 Å². The highest BCUT2D eigenvalue weighted by molar-refractivity contribution is 5.46. The highest BCUT2D eigenvalue weighted by Gasteiger charge is 2.39. The van der Waals surface area contributed by atoms with E-state index < -0.39 is 0 Å². The molecule has 3 rings (SSSR count). The highest BCUT2D eigenvalue weighted by Crippen LogP contribution is 2.49. The Bertz CT molecular complexity index is 357. The Kier molecular flexibility index (Phi) is 2.27. The lowest BCUT2D eigenvalue weighted by atomic mass is 9.63. The number of nitrogen functional groups attached to an aromatic ring is 1. The molecule has 0 unspecified atom stereocenters. The van der Waals surface area contributed by atoms with Gasteiger partial charge in [0.2, 0.25) is 0 Å². The van der Waals surface area contributed by atoms with E-state index in [2.05, 4.69) is 9.88 Å². The van der Waals surface area contributed by atoms with E-state index in [4.69, 9.17) is 5.73 Å². The molecule has 2 heterocycles. The minimum atomic E-state index is 0.713. The van der Waals surface area contributed by atoms with Crippen LogP contribution in [0.5, 0.6) is 0 Å². The van der Waals surface area contributed by atoms with Gasteiger partial charge in [0.05, 0.1) is 11.9 Å². The van der Waals surface area contributed by atoms with E-state index in [9.17, 15) is 0 Å². The predicted molar refractivity (Wildman–Crippen MR) is 66.4 cm³/mol. The molecule has 1 aromatic heterocycles. The van der Waals surface area contributed by atoms with Gasteiger partial charge in [-0.05, 0) is 43.2 Å². The second-order valence-electron chi connectivity index (χ2n) is 5.29. The molecule has 2 N–H and O–H groups in total. The molecule has 0 bridgehead atoms. The van der Waals surface area contributed by atoms with Gasteiger partial charge in [-0.2, -0.15) is 0 Å². The molecule has 1 aliphatic carbocycles. The van der Waals surface area contributed by atoms with Crippen LogP contribution in [0.2, 0.25) is 0 Å². The zero-order valence-electron chi connectivity index (χ0n) is 9.65. The van der Waals surface area contributed by atoms with E-state index in [0.29, 0.717) is 5.41 Å². The largest absolute Gasteiger partial charge is 0.397 e. The lowest BCUT2D eigenvalue weighted by molar-refractivity contribution is 0.0953. The molecule has 2 aliphatic rings. The van der Waals surface area contributed by atoms with Crippen LogP contribution in [0.1, 0.15) is 32.1 Å². The quantitative estimate of drug-likeness (QED) is 0.785. The van der Waals surface area contributed by atoms with Crippen LogP contribution in [0, 0.1) is 5.41 Å². The Balaban J connectivity index is 1.67. The first-order chi connectivity index (χ1) is 7.77. The van der Waals surface area contributed by atoms with Crippen LogP contribution in [0.3, 0.4) is 0 Å². The minimum Gasteiger partial charge on any atom is -0.397 e. The van der Waals surface area contributed by atoms with Crippen LogP contribution in [0.25, 0.3) is 0 Å². The summed E-state index contributed by atoms with van der Waals surface area (Å²) in [6, 6.07) is 3.98. The first kappa shape index (κ1) is 9.94. The predicted octanol–water partition coefficient (Wildman–Crippen LogP) is 2.43. The van der Waals surface area contributed by atoms with Crippen molar-refractivity contribution >= 4 is 11.5 Å². The van der Waals surface area contributed by atoms with Crippen molar-refractivity contribution in [1.29, 1.82) is 0 Å². The summed E-state index contributed by atoms with van der Waals surface area (Å²) in [6.45, 7) is 2.33. The summed E-state index contributed by atoms with van der Waals surface area (Å²) < 4.78 is 0. The molecule has 1 aromatic rings. The third-order valence-corrected chi connectivity index (χ3v) is 4.33. The molecule has 1 saturated heterocycles. The normalized spacial score (nSPS) is 23.1. The molecule has 0 radical (unpaired) electrons. The van der Waals surface area contributed by atoms with E-state index in [-0.39, 0.29) is 0 Å². The summed E-state index contributed by atoms with van der Waals surface area (Å²) in [5, 5.41) is 0. The highest BCUT2D eigenvalue weighted by atomic mass is 15.2. The van der Waals surface area contributed by atoms with Gasteiger partial charge in [-0.3, -0.25) is 0 Å². The second-order valence-corrected chi connectivity index (χ2v) is 5.29. The SMILES string of the molecule is Nc1ccc(N2CCC3(CCC3)CC2)nc1. The molecule has 0 aromatic carbocycles. The van der Waals surface area contributed by atoms with Crippen molar-refractivity contribution in [2.24, 2.45) is 5.41 Å². The molecule has 16 heavy (non-hydrogen) atoms. The number of hydrogen-bond donors (Lipinski definition) is 1. The van der Waals surface area contributed by atoms with E-state index in [1.54, 1.807) is 6.20 Å². The van der Waals surface area contributed by atoms with Gasteiger partial charge < -0.3 is 10.6 Å². The van der Waals surface area contributed by atoms with Crippen LogP contribution in [-0.4, -0.2) is 18.1 Å². The standard InChI is InChI=1S/C13H19N3/c14-11-2-3-12(15-10-11)16-8-6-13(7-9-16)4-1-5-13/h2-3,10H,1,4-9,14H2. The molecule has 86 valence electrons. The van der Waals surface area contributed by atoms with Crippen LogP contribution in [0.15, 0.2) is 18.3 Å². The average molecular weight is 217 g/mol. The molecule has 1 aliphatic heterocycles. The molecule has 3 nitrogen and oxygen atoms in total. The number of nitrogens with two attached hydrogens (primary N) is 1. The third kappa shape index (κ3) is 1.64. The minimum absolute atomic E-state index is 0.713. The smallest absolute Gasteiger partial charge is 0.128 e. The van der Waals surface area contributed by atoms with Crippen molar-refractivity contribution in [3.63, 3.8) is 0 Å². The third-order valence-electron chi connectivity index (χ3n) is 4.33. The lowest BCUT2D eigenvalue weighted by Gasteiger charge is -2.48. The summed E-state index contributed by atoms with van der Waals surface area (Å²) in [7, 11) is 0. The van der Waals surface area contributed by atoms with E-state index in [0.717, 1.165) is 24.6 Å². The molecule has 1 saturated carbocycles. The molecule has 0 amide bonds. The van der Waals surface area contributed by atoms with Gasteiger partial charge >= 0.3 is 0 Å². The van der Waals surface area contributed by atoms with Gasteiger partial charge in [0.1, 0.15) is 5.82 Å². The molecular weight excluding hydrogens is 198 g/mol. The van der Waals surface area contributed by atoms with Gasteiger partial charge in [-0.15, -0.1) is 0 Å². The molecular formula is C13H19N3. The Morgan fingerprint density at radius 1 is 1.12 bits per heavy atom. The number of rotatable bonds is 1. The Morgan fingerprint density at radius 2 is 1.88 bits per heavy atom. The molecule has 0 atom stereocenters. The Hall–Kier alpha value is -1.25. The summed E-state index contributed by atoms with van der Waals surface area (Å²) in [5.41, 5.74) is 7.11. The summed E-state index contributed by atoms with van der Waals surface area (Å²) in [6.07, 6.45) is 8.80. The van der Waals surface area contributed by atoms with Crippen LogP contribution in [0.4, 0.5) is 11.5 Å². The average Bonchev–Trinajstić information content (AvgIpc) is 2.28. The van der Waals surface area contributed by atoms with Gasteiger partial charge in [0.15, 0.2) is 0 Å². The van der Waals surface area contributed by atoms with Gasteiger partial charge in [-0.25, -0.2) is 4.98 Å². The first-order valence-electron chi connectivity index (χ1n) is 6.24. The zero-order chi connectivity index (χ0) is 11.0. The van der Waals surface area contributed by atoms with E-state index in [1.807, 2.05) is 12.1 Å². The maximum Gasteiger partial charge on any atom is 0.128 e. The lowest BCUT2D eigenvalue weighted by Crippen LogP contribution is -2.43. The Morgan fingerprint density at radius 3 is 2.38 bits per heavy atom. The van der Waals surface area contributed by atoms with Gasteiger partial charge in [0, 0.05) is 13.1 Å². The maximum atomic E-state index is 5.65. The van der Waals surface area contributed by atoms with Crippen molar-refractivity contribution in [3.8, 4) is 0 Å². The number of aromatic nitrogens is 1. The fraction of sp³-hybridized carbons (Fsp3) is 0.615. The molecule has 1 spiro atoms. The second kappa shape index (κ2) is 3.65. The van der Waals surface area contributed by atoms with E-state index in [1.165, 1.54) is 32.1 Å². The van der Waals surface area contributed by atoms with Crippen LogP contribution < -0.4 is 10.6 Å². The monoisotopic (exact) mass is 217 g/mol. The van der Waals surface area contributed by atoms with Crippen LogP contribution >= 0.6 is 0 Å². The van der Waals surface area contributed by atoms with Crippen molar-refractivity contribution < 1.29 is 0 Å². The molecule has 3 heteroatoms. The number of anilines is 2. The fourth-order valence-electron chi connectivity index (χ4n) is 2.97. The number of nitrogens with zero attached hydrogens (tertiary/aromatic N) is 2. The number of piperidine rings is 1. The number of pyridine rings is 1. The van der Waals surface area contributed by atoms with Crippen molar-refractivity contribution in [3.05, 3.63) is 18.3 Å². The maximum absolute atomic E-state index is 5.65. The zero-order valence-corrected chi connectivity index (χ0v) is 9.65. The summed E-state index contributed by atoms with van der Waals surface area (Å²) >= 11 is 0. The number of hydrogen-bond acceptors (Lipinski definition) is 3. The van der Waals surface area contributed by atoms with Gasteiger partial charge in [0.25, 0.3) is 0 Å². The Labute approximate surface area is 96.7 Å². The fourth-order valence-corrected chi connectivity index (χ4v) is 2.97. The summed E-state index contributed by atoms with van der Waals surface area (Å²) in [5.74, 6) is 1.09. The van der Waals surface area contributed by atoms with E-state index >= 15 is 0 Å². The van der Waals surface area contributed by atoms with Crippen molar-refractivity contribution in [1.82, 2.24) is 4.98 Å². The molecule has 2 fully saturated rings. The summed E-state index contributed by atoms with van der Waals surface area (Å²) in [4.78, 5) is 6.79. The first-order valence-corrected chi connectivity index (χ1v) is 6.24.